The molecule has 2 aliphatic rings. The van der Waals surface area contributed by atoms with Crippen LogP contribution in [0, 0.1) is 5.92 Å². The van der Waals surface area contributed by atoms with Crippen molar-refractivity contribution in [3.63, 3.8) is 0 Å². The van der Waals surface area contributed by atoms with Crippen LogP contribution in [-0.4, -0.2) is 34.7 Å². The highest BCUT2D eigenvalue weighted by molar-refractivity contribution is 4.92. The number of nitrogens with zero attached hydrogens (tertiary/aromatic N) is 1. The quantitative estimate of drug-likeness (QED) is 0.748. The molecule has 0 aromatic heterocycles. The number of hydrogen-bond acceptors (Lipinski definition) is 2. The summed E-state index contributed by atoms with van der Waals surface area (Å²) in [6.45, 7) is 6.97. The molecule has 1 heterocycles. The second-order valence-electron chi connectivity index (χ2n) is 5.53. The van der Waals surface area contributed by atoms with E-state index in [2.05, 4.69) is 18.7 Å². The molecule has 0 aromatic carbocycles. The molecule has 1 unspecified atom stereocenters. The van der Waals surface area contributed by atoms with Gasteiger partial charge < -0.3 is 10.0 Å². The lowest BCUT2D eigenvalue weighted by Crippen LogP contribution is -2.39. The molecular formula is C12H23NO. The van der Waals surface area contributed by atoms with Crippen molar-refractivity contribution in [2.75, 3.05) is 13.1 Å². The van der Waals surface area contributed by atoms with Crippen molar-refractivity contribution in [3.05, 3.63) is 0 Å². The Morgan fingerprint density at radius 2 is 2.14 bits per heavy atom. The van der Waals surface area contributed by atoms with Crippen LogP contribution < -0.4 is 0 Å². The van der Waals surface area contributed by atoms with Gasteiger partial charge in [-0.15, -0.1) is 0 Å². The van der Waals surface area contributed by atoms with Crippen LogP contribution in [0.5, 0.6) is 0 Å². The molecule has 0 spiro atoms. The van der Waals surface area contributed by atoms with E-state index >= 15 is 0 Å². The first-order valence-electron chi connectivity index (χ1n) is 6.05. The normalized spacial score (nSPS) is 32.1. The van der Waals surface area contributed by atoms with Crippen molar-refractivity contribution in [1.82, 2.24) is 4.90 Å². The monoisotopic (exact) mass is 197 g/mol. The molecule has 14 heavy (non-hydrogen) atoms. The first-order chi connectivity index (χ1) is 6.59. The van der Waals surface area contributed by atoms with E-state index in [9.17, 15) is 5.11 Å². The molecule has 2 heteroatoms. The average Bonchev–Trinajstić information content (AvgIpc) is 2.50. The van der Waals surface area contributed by atoms with Crippen molar-refractivity contribution < 1.29 is 5.11 Å². The maximum absolute atomic E-state index is 10.1. The van der Waals surface area contributed by atoms with Gasteiger partial charge in [0.15, 0.2) is 0 Å². The van der Waals surface area contributed by atoms with Crippen molar-refractivity contribution in [3.8, 4) is 0 Å². The molecule has 0 aromatic rings. The van der Waals surface area contributed by atoms with Crippen LogP contribution in [-0.2, 0) is 0 Å². The zero-order chi connectivity index (χ0) is 10.2. The Morgan fingerprint density at radius 1 is 1.43 bits per heavy atom. The predicted octanol–water partition coefficient (Wildman–Crippen LogP) is 2.02. The standard InChI is InChI=1S/C12H23NO/c1-10(2)13-7-4-11(9-13)8-12(14)5-3-6-12/h10-11,14H,3-9H2,1-2H3. The number of aliphatic hydroxyl groups is 1. The molecule has 1 saturated carbocycles. The molecular weight excluding hydrogens is 174 g/mol. The van der Waals surface area contributed by atoms with Crippen molar-refractivity contribution in [1.29, 1.82) is 0 Å². The maximum Gasteiger partial charge on any atom is 0.0651 e. The SMILES string of the molecule is CC(C)N1CCC(CC2(O)CCC2)C1. The molecule has 0 bridgehead atoms. The molecule has 82 valence electrons. The highest BCUT2D eigenvalue weighted by Gasteiger charge is 2.38. The summed E-state index contributed by atoms with van der Waals surface area (Å²) in [4.78, 5) is 2.53. The lowest BCUT2D eigenvalue weighted by atomic mass is 9.74. The molecule has 1 atom stereocenters. The van der Waals surface area contributed by atoms with Gasteiger partial charge in [-0.25, -0.2) is 0 Å². The minimum atomic E-state index is -0.266. The van der Waals surface area contributed by atoms with Gasteiger partial charge in [-0.1, -0.05) is 0 Å². The first kappa shape index (κ1) is 10.4. The van der Waals surface area contributed by atoms with Crippen LogP contribution in [0.2, 0.25) is 0 Å². The fraction of sp³-hybridized carbons (Fsp3) is 1.00. The number of rotatable bonds is 3. The number of likely N-dealkylation sites (tertiary alicyclic amines) is 1. The van der Waals surface area contributed by atoms with E-state index in [0.29, 0.717) is 6.04 Å². The Hall–Kier alpha value is -0.0800. The Bertz CT molecular complexity index is 198. The van der Waals surface area contributed by atoms with Crippen LogP contribution in [0.1, 0.15) is 46.0 Å². The topological polar surface area (TPSA) is 23.5 Å². The average molecular weight is 197 g/mol. The summed E-state index contributed by atoms with van der Waals surface area (Å²) in [6, 6.07) is 0.677. The fourth-order valence-electron chi connectivity index (χ4n) is 2.82. The van der Waals surface area contributed by atoms with E-state index in [1.165, 1.54) is 25.9 Å². The van der Waals surface area contributed by atoms with Gasteiger partial charge in [0, 0.05) is 12.6 Å². The van der Waals surface area contributed by atoms with Crippen molar-refractivity contribution >= 4 is 0 Å². The second kappa shape index (κ2) is 3.82. The molecule has 2 nitrogen and oxygen atoms in total. The fourth-order valence-corrected chi connectivity index (χ4v) is 2.82. The van der Waals surface area contributed by atoms with Gasteiger partial charge in [-0.2, -0.15) is 0 Å². The zero-order valence-corrected chi connectivity index (χ0v) is 9.50. The largest absolute Gasteiger partial charge is 0.390 e. The molecule has 0 amide bonds. The Balaban J connectivity index is 1.78. The molecule has 0 radical (unpaired) electrons. The summed E-state index contributed by atoms with van der Waals surface area (Å²) < 4.78 is 0. The predicted molar refractivity (Wildman–Crippen MR) is 58.2 cm³/mol. The van der Waals surface area contributed by atoms with Crippen LogP contribution in [0.25, 0.3) is 0 Å². The lowest BCUT2D eigenvalue weighted by Gasteiger charge is -2.38. The van der Waals surface area contributed by atoms with Gasteiger partial charge in [0.05, 0.1) is 5.60 Å². The molecule has 2 fully saturated rings. The Labute approximate surface area is 87.3 Å². The van der Waals surface area contributed by atoms with E-state index < -0.39 is 0 Å². The summed E-state index contributed by atoms with van der Waals surface area (Å²) in [5, 5.41) is 10.1. The summed E-state index contributed by atoms with van der Waals surface area (Å²) in [5.74, 6) is 0.752. The Kier molecular flexibility index (Phi) is 2.85. The van der Waals surface area contributed by atoms with Gasteiger partial charge in [-0.3, -0.25) is 0 Å². The molecule has 1 saturated heterocycles. The summed E-state index contributed by atoms with van der Waals surface area (Å²) in [6.07, 6.45) is 5.67. The molecule has 1 aliphatic heterocycles. The van der Waals surface area contributed by atoms with Crippen LogP contribution in [0.4, 0.5) is 0 Å². The van der Waals surface area contributed by atoms with Crippen LogP contribution in [0.3, 0.4) is 0 Å². The molecule has 1 aliphatic carbocycles. The van der Waals surface area contributed by atoms with Gasteiger partial charge >= 0.3 is 0 Å². The highest BCUT2D eigenvalue weighted by Crippen LogP contribution is 2.39. The number of hydrogen-bond donors (Lipinski definition) is 1. The summed E-state index contributed by atoms with van der Waals surface area (Å²) in [7, 11) is 0. The third kappa shape index (κ3) is 2.12. The maximum atomic E-state index is 10.1. The zero-order valence-electron chi connectivity index (χ0n) is 9.50. The summed E-state index contributed by atoms with van der Waals surface area (Å²) in [5.41, 5.74) is -0.266. The van der Waals surface area contributed by atoms with Gasteiger partial charge in [0.2, 0.25) is 0 Å². The van der Waals surface area contributed by atoms with E-state index in [-0.39, 0.29) is 5.60 Å². The lowest BCUT2D eigenvalue weighted by molar-refractivity contribution is -0.0518. The van der Waals surface area contributed by atoms with E-state index in [0.717, 1.165) is 25.2 Å². The van der Waals surface area contributed by atoms with E-state index in [1.807, 2.05) is 0 Å². The third-order valence-electron chi connectivity index (χ3n) is 4.00. The minimum absolute atomic E-state index is 0.266. The smallest absolute Gasteiger partial charge is 0.0651 e. The highest BCUT2D eigenvalue weighted by atomic mass is 16.3. The minimum Gasteiger partial charge on any atom is -0.390 e. The van der Waals surface area contributed by atoms with E-state index in [1.54, 1.807) is 0 Å². The molecule has 2 rings (SSSR count). The van der Waals surface area contributed by atoms with Gasteiger partial charge in [0.25, 0.3) is 0 Å². The van der Waals surface area contributed by atoms with E-state index in [4.69, 9.17) is 0 Å². The van der Waals surface area contributed by atoms with Crippen LogP contribution >= 0.6 is 0 Å². The van der Waals surface area contributed by atoms with Gasteiger partial charge in [0.1, 0.15) is 0 Å². The Morgan fingerprint density at radius 3 is 2.57 bits per heavy atom. The third-order valence-corrected chi connectivity index (χ3v) is 4.00. The molecule has 1 N–H and O–H groups in total. The van der Waals surface area contributed by atoms with Gasteiger partial charge in [-0.05, 0) is 58.4 Å². The van der Waals surface area contributed by atoms with Crippen molar-refractivity contribution in [2.24, 2.45) is 5.92 Å². The second-order valence-corrected chi connectivity index (χ2v) is 5.53. The van der Waals surface area contributed by atoms with Crippen LogP contribution in [0.15, 0.2) is 0 Å². The van der Waals surface area contributed by atoms with Crippen molar-refractivity contribution in [2.45, 2.75) is 57.6 Å². The summed E-state index contributed by atoms with van der Waals surface area (Å²) >= 11 is 0. The first-order valence-corrected chi connectivity index (χ1v) is 6.05.